The molecule has 0 fully saturated rings. The lowest BCUT2D eigenvalue weighted by atomic mass is 10.2. The fourth-order valence-electron chi connectivity index (χ4n) is 2.31. The van der Waals surface area contributed by atoms with E-state index in [4.69, 9.17) is 0 Å². The van der Waals surface area contributed by atoms with Gasteiger partial charge in [-0.3, -0.25) is 9.40 Å². The van der Waals surface area contributed by atoms with Crippen LogP contribution in [0.3, 0.4) is 0 Å². The average Bonchev–Trinajstić information content (AvgIpc) is 3.01. The third-order valence-electron chi connectivity index (χ3n) is 3.33. The molecule has 0 amide bonds. The molecule has 2 rings (SSSR count). The molecule has 0 aliphatic heterocycles. The highest BCUT2D eigenvalue weighted by Crippen LogP contribution is 2.28. The van der Waals surface area contributed by atoms with Gasteiger partial charge in [-0.2, -0.15) is 5.10 Å². The highest BCUT2D eigenvalue weighted by molar-refractivity contribution is 7.93. The van der Waals surface area contributed by atoms with Crippen molar-refractivity contribution >= 4 is 26.4 Å². The second-order valence-electron chi connectivity index (χ2n) is 4.64. The summed E-state index contributed by atoms with van der Waals surface area (Å²) in [5.74, 6) is 0. The molecular formula is C13H20N4O2S2. The Labute approximate surface area is 129 Å². The largest absolute Gasteiger partial charge is 0.271 e. The molecule has 0 spiro atoms. The lowest BCUT2D eigenvalue weighted by Crippen LogP contribution is -2.16. The van der Waals surface area contributed by atoms with Crippen molar-refractivity contribution in [3.63, 3.8) is 0 Å². The monoisotopic (exact) mass is 328 g/mol. The molecule has 0 bridgehead atoms. The van der Waals surface area contributed by atoms with Crippen molar-refractivity contribution in [2.24, 2.45) is 7.05 Å². The Morgan fingerprint density at radius 3 is 2.43 bits per heavy atom. The Bertz CT molecular complexity index is 731. The minimum atomic E-state index is -3.64. The summed E-state index contributed by atoms with van der Waals surface area (Å²) in [5, 5.41) is 4.91. The molecule has 1 N–H and O–H groups in total. The first-order chi connectivity index (χ1) is 9.94. The van der Waals surface area contributed by atoms with Gasteiger partial charge in [-0.05, 0) is 19.3 Å². The molecule has 0 saturated carbocycles. The van der Waals surface area contributed by atoms with Gasteiger partial charge in [0.25, 0.3) is 10.0 Å². The molecule has 2 heterocycles. The summed E-state index contributed by atoms with van der Waals surface area (Å²) in [4.78, 5) is 4.48. The quantitative estimate of drug-likeness (QED) is 0.883. The van der Waals surface area contributed by atoms with Gasteiger partial charge in [-0.25, -0.2) is 13.4 Å². The lowest BCUT2D eigenvalue weighted by molar-refractivity contribution is 0.598. The summed E-state index contributed by atoms with van der Waals surface area (Å²) >= 11 is 1.30. The summed E-state index contributed by atoms with van der Waals surface area (Å²) in [6, 6.07) is 0. The van der Waals surface area contributed by atoms with Crippen LogP contribution in [0.2, 0.25) is 0 Å². The number of thiazole rings is 1. The highest BCUT2D eigenvalue weighted by Gasteiger charge is 2.27. The fraction of sp³-hybridized carbons (Fsp3) is 0.538. The van der Waals surface area contributed by atoms with E-state index < -0.39 is 10.0 Å². The normalized spacial score (nSPS) is 11.8. The zero-order valence-corrected chi connectivity index (χ0v) is 14.3. The molecule has 8 heteroatoms. The Balaban J connectivity index is 2.49. The molecule has 116 valence electrons. The maximum atomic E-state index is 12.8. The van der Waals surface area contributed by atoms with Gasteiger partial charge in [0.1, 0.15) is 9.90 Å². The van der Waals surface area contributed by atoms with Crippen LogP contribution in [0.5, 0.6) is 0 Å². The molecular weight excluding hydrogens is 308 g/mol. The smallest absolute Gasteiger partial charge is 0.266 e. The second-order valence-corrected chi connectivity index (χ2v) is 7.11. The van der Waals surface area contributed by atoms with E-state index in [1.165, 1.54) is 11.3 Å². The third kappa shape index (κ3) is 2.96. The zero-order chi connectivity index (χ0) is 15.6. The molecule has 6 nitrogen and oxygen atoms in total. The number of aryl methyl sites for hydroxylation is 3. The first-order valence-electron chi connectivity index (χ1n) is 6.94. The van der Waals surface area contributed by atoms with Crippen LogP contribution in [0.25, 0.3) is 0 Å². The van der Waals surface area contributed by atoms with E-state index in [0.717, 1.165) is 11.4 Å². The number of rotatable bonds is 6. The summed E-state index contributed by atoms with van der Waals surface area (Å²) in [7, 11) is -1.86. The van der Waals surface area contributed by atoms with Gasteiger partial charge >= 0.3 is 0 Å². The van der Waals surface area contributed by atoms with Gasteiger partial charge in [0.05, 0.1) is 22.6 Å². The predicted octanol–water partition coefficient (Wildman–Crippen LogP) is 2.36. The second kappa shape index (κ2) is 6.15. The molecule has 0 radical (unpaired) electrons. The van der Waals surface area contributed by atoms with E-state index in [0.29, 0.717) is 34.9 Å². The maximum absolute atomic E-state index is 12.8. The van der Waals surface area contributed by atoms with Crippen LogP contribution in [0.1, 0.15) is 37.9 Å². The van der Waals surface area contributed by atoms with E-state index in [-0.39, 0.29) is 0 Å². The average molecular weight is 328 g/mol. The van der Waals surface area contributed by atoms with E-state index >= 15 is 0 Å². The van der Waals surface area contributed by atoms with E-state index in [2.05, 4.69) is 14.8 Å². The molecule has 0 saturated heterocycles. The fourth-order valence-corrected chi connectivity index (χ4v) is 4.99. The van der Waals surface area contributed by atoms with Gasteiger partial charge in [0.15, 0.2) is 0 Å². The molecule has 2 aromatic rings. The van der Waals surface area contributed by atoms with Crippen LogP contribution in [-0.2, 0) is 36.3 Å². The number of hydrogen-bond donors (Lipinski definition) is 1. The van der Waals surface area contributed by atoms with Crippen LogP contribution in [0.15, 0.2) is 10.4 Å². The van der Waals surface area contributed by atoms with Crippen LogP contribution in [-0.4, -0.2) is 23.2 Å². The molecule has 0 aliphatic carbocycles. The molecule has 0 aliphatic rings. The van der Waals surface area contributed by atoms with Crippen LogP contribution >= 0.6 is 11.3 Å². The van der Waals surface area contributed by atoms with E-state index in [9.17, 15) is 8.42 Å². The third-order valence-corrected chi connectivity index (χ3v) is 5.72. The minimum Gasteiger partial charge on any atom is -0.271 e. The van der Waals surface area contributed by atoms with Crippen molar-refractivity contribution in [1.82, 2.24) is 14.8 Å². The van der Waals surface area contributed by atoms with Crippen molar-refractivity contribution in [3.05, 3.63) is 22.6 Å². The Morgan fingerprint density at radius 1 is 1.19 bits per heavy atom. The molecule has 0 unspecified atom stereocenters. The van der Waals surface area contributed by atoms with Crippen LogP contribution < -0.4 is 4.72 Å². The summed E-state index contributed by atoms with van der Waals surface area (Å²) in [6.45, 7) is 5.79. The summed E-state index contributed by atoms with van der Waals surface area (Å²) in [5.41, 5.74) is 3.75. The van der Waals surface area contributed by atoms with Gasteiger partial charge in [-0.15, -0.1) is 11.3 Å². The van der Waals surface area contributed by atoms with Gasteiger partial charge < -0.3 is 0 Å². The van der Waals surface area contributed by atoms with Crippen molar-refractivity contribution in [1.29, 1.82) is 0 Å². The molecule has 21 heavy (non-hydrogen) atoms. The molecule has 0 atom stereocenters. The number of hydrogen-bond acceptors (Lipinski definition) is 5. The minimum absolute atomic E-state index is 0.311. The molecule has 0 aromatic carbocycles. The van der Waals surface area contributed by atoms with Crippen molar-refractivity contribution in [3.8, 4) is 0 Å². The van der Waals surface area contributed by atoms with Gasteiger partial charge in [-0.1, -0.05) is 20.8 Å². The van der Waals surface area contributed by atoms with Crippen LogP contribution in [0.4, 0.5) is 5.00 Å². The summed E-state index contributed by atoms with van der Waals surface area (Å²) in [6.07, 6.45) is 1.88. The number of anilines is 1. The zero-order valence-electron chi connectivity index (χ0n) is 12.7. The molecule has 2 aromatic heterocycles. The standard InChI is InChI=1S/C13H20N4O2S2/c1-5-9-12(11(7-3)17(4)15-9)21(18,19)16-13-10(6-2)14-8-20-13/h8,16H,5-7H2,1-4H3. The van der Waals surface area contributed by atoms with Crippen molar-refractivity contribution in [2.45, 2.75) is 44.9 Å². The Morgan fingerprint density at radius 2 is 1.86 bits per heavy atom. The number of nitrogens with zero attached hydrogens (tertiary/aromatic N) is 3. The van der Waals surface area contributed by atoms with Crippen LogP contribution in [0, 0.1) is 0 Å². The van der Waals surface area contributed by atoms with Crippen molar-refractivity contribution < 1.29 is 8.42 Å². The topological polar surface area (TPSA) is 76.9 Å². The summed E-state index contributed by atoms with van der Waals surface area (Å²) < 4.78 is 29.8. The van der Waals surface area contributed by atoms with Gasteiger partial charge in [0, 0.05) is 7.05 Å². The first kappa shape index (κ1) is 16.0. The Kier molecular flexibility index (Phi) is 4.67. The van der Waals surface area contributed by atoms with Crippen molar-refractivity contribution in [2.75, 3.05) is 4.72 Å². The van der Waals surface area contributed by atoms with Gasteiger partial charge in [0.2, 0.25) is 0 Å². The highest BCUT2D eigenvalue weighted by atomic mass is 32.2. The number of aromatic nitrogens is 3. The number of sulfonamides is 1. The maximum Gasteiger partial charge on any atom is 0.266 e. The Hall–Kier alpha value is -1.41. The van der Waals surface area contributed by atoms with E-state index in [1.807, 2.05) is 20.8 Å². The number of nitrogens with one attached hydrogen (secondary N) is 1. The predicted molar refractivity (Wildman–Crippen MR) is 84.3 cm³/mol. The van der Waals surface area contributed by atoms with E-state index in [1.54, 1.807) is 17.2 Å². The lowest BCUT2D eigenvalue weighted by Gasteiger charge is -2.09. The SMILES string of the molecule is CCc1ncsc1NS(=O)(=O)c1c(CC)nn(C)c1CC. The first-order valence-corrected chi connectivity index (χ1v) is 9.30.